The van der Waals surface area contributed by atoms with Gasteiger partial charge in [0.05, 0.1) is 0 Å². The van der Waals surface area contributed by atoms with E-state index >= 15 is 0 Å². The molecule has 18 heavy (non-hydrogen) atoms. The van der Waals surface area contributed by atoms with Crippen LogP contribution in [0.5, 0.6) is 0 Å². The molecule has 2 N–H and O–H groups in total. The minimum atomic E-state index is -1.29. The molecule has 0 saturated heterocycles. The summed E-state index contributed by atoms with van der Waals surface area (Å²) in [5.41, 5.74) is 5.79. The molecule has 94 valence electrons. The van der Waals surface area contributed by atoms with Gasteiger partial charge in [0, 0.05) is 18.2 Å². The van der Waals surface area contributed by atoms with Crippen molar-refractivity contribution in [2.24, 2.45) is 5.73 Å². The molecule has 0 radical (unpaired) electrons. The van der Waals surface area contributed by atoms with Gasteiger partial charge in [-0.2, -0.15) is 0 Å². The maximum absolute atomic E-state index is 13.6. The van der Waals surface area contributed by atoms with Gasteiger partial charge in [-0.05, 0) is 29.3 Å². The van der Waals surface area contributed by atoms with Gasteiger partial charge in [-0.25, -0.2) is 17.6 Å². The first-order chi connectivity index (χ1) is 8.52. The summed E-state index contributed by atoms with van der Waals surface area (Å²) in [6.45, 7) is 0.0358. The lowest BCUT2D eigenvalue weighted by Crippen LogP contribution is -2.01. The molecular weight excluding hydrogens is 246 g/mol. The number of rotatable bonds is 2. The average Bonchev–Trinajstić information content (AvgIpc) is 2.34. The summed E-state index contributed by atoms with van der Waals surface area (Å²) < 4.78 is 52.7. The van der Waals surface area contributed by atoms with Crippen LogP contribution in [0.3, 0.4) is 0 Å². The van der Waals surface area contributed by atoms with Crippen molar-refractivity contribution in [3.63, 3.8) is 0 Å². The van der Waals surface area contributed by atoms with E-state index in [1.165, 1.54) is 12.1 Å². The molecule has 0 spiro atoms. The smallest absolute Gasteiger partial charge is 0.161 e. The average molecular weight is 255 g/mol. The number of halogens is 4. The van der Waals surface area contributed by atoms with Crippen molar-refractivity contribution in [2.75, 3.05) is 0 Å². The Bertz CT molecular complexity index is 596. The SMILES string of the molecule is NCc1ccc(F)cc1-c1cc(F)c(F)cc1F. The van der Waals surface area contributed by atoms with Crippen LogP contribution in [-0.2, 0) is 6.54 Å². The second-order valence-corrected chi connectivity index (χ2v) is 3.75. The van der Waals surface area contributed by atoms with Crippen LogP contribution in [0.15, 0.2) is 30.3 Å². The molecule has 0 aliphatic rings. The highest BCUT2D eigenvalue weighted by Crippen LogP contribution is 2.28. The maximum atomic E-state index is 13.6. The molecule has 0 fully saturated rings. The predicted molar refractivity (Wildman–Crippen MR) is 59.6 cm³/mol. The largest absolute Gasteiger partial charge is 0.326 e. The highest BCUT2D eigenvalue weighted by Gasteiger charge is 2.14. The fourth-order valence-corrected chi connectivity index (χ4v) is 1.71. The van der Waals surface area contributed by atoms with Crippen molar-refractivity contribution >= 4 is 0 Å². The molecule has 0 unspecified atom stereocenters. The predicted octanol–water partition coefficient (Wildman–Crippen LogP) is 3.37. The van der Waals surface area contributed by atoms with Gasteiger partial charge in [-0.1, -0.05) is 6.07 Å². The third-order valence-corrected chi connectivity index (χ3v) is 2.59. The zero-order chi connectivity index (χ0) is 13.3. The van der Waals surface area contributed by atoms with E-state index < -0.39 is 23.3 Å². The number of hydrogen-bond acceptors (Lipinski definition) is 1. The molecule has 0 aliphatic carbocycles. The van der Waals surface area contributed by atoms with Gasteiger partial charge in [0.1, 0.15) is 11.6 Å². The van der Waals surface area contributed by atoms with E-state index in [1.807, 2.05) is 0 Å². The van der Waals surface area contributed by atoms with Gasteiger partial charge >= 0.3 is 0 Å². The van der Waals surface area contributed by atoms with Gasteiger partial charge in [0.15, 0.2) is 11.6 Å². The van der Waals surface area contributed by atoms with Gasteiger partial charge < -0.3 is 5.73 Å². The number of nitrogens with two attached hydrogens (primary N) is 1. The van der Waals surface area contributed by atoms with Crippen molar-refractivity contribution in [3.05, 3.63) is 59.2 Å². The molecule has 0 heterocycles. The monoisotopic (exact) mass is 255 g/mol. The highest BCUT2D eigenvalue weighted by molar-refractivity contribution is 5.68. The Morgan fingerprint density at radius 2 is 1.44 bits per heavy atom. The van der Waals surface area contributed by atoms with E-state index in [1.54, 1.807) is 0 Å². The maximum Gasteiger partial charge on any atom is 0.161 e. The van der Waals surface area contributed by atoms with Gasteiger partial charge in [-0.3, -0.25) is 0 Å². The summed E-state index contributed by atoms with van der Waals surface area (Å²) in [7, 11) is 0. The Morgan fingerprint density at radius 3 is 2.11 bits per heavy atom. The molecule has 5 heteroatoms. The first-order valence-corrected chi connectivity index (χ1v) is 5.16. The Morgan fingerprint density at radius 1 is 0.778 bits per heavy atom. The third-order valence-electron chi connectivity index (χ3n) is 2.59. The summed E-state index contributed by atoms with van der Waals surface area (Å²) in [4.78, 5) is 0. The second-order valence-electron chi connectivity index (χ2n) is 3.75. The summed E-state index contributed by atoms with van der Waals surface area (Å²) in [6.07, 6.45) is 0. The van der Waals surface area contributed by atoms with Gasteiger partial charge in [0.2, 0.25) is 0 Å². The van der Waals surface area contributed by atoms with E-state index in [4.69, 9.17) is 5.73 Å². The van der Waals surface area contributed by atoms with E-state index in [2.05, 4.69) is 0 Å². The quantitative estimate of drug-likeness (QED) is 0.646. The molecule has 0 aromatic heterocycles. The lowest BCUT2D eigenvalue weighted by Gasteiger charge is -2.09. The van der Waals surface area contributed by atoms with Crippen LogP contribution in [0.2, 0.25) is 0 Å². The van der Waals surface area contributed by atoms with Crippen LogP contribution in [0.1, 0.15) is 5.56 Å². The summed E-state index contributed by atoms with van der Waals surface area (Å²) in [5, 5.41) is 0. The minimum absolute atomic E-state index is 0.0358. The highest BCUT2D eigenvalue weighted by atomic mass is 19.2. The van der Waals surface area contributed by atoms with Crippen molar-refractivity contribution < 1.29 is 17.6 Å². The van der Waals surface area contributed by atoms with Crippen molar-refractivity contribution in [1.82, 2.24) is 0 Å². The topological polar surface area (TPSA) is 26.0 Å². The fourth-order valence-electron chi connectivity index (χ4n) is 1.71. The Kier molecular flexibility index (Phi) is 3.34. The fraction of sp³-hybridized carbons (Fsp3) is 0.0769. The van der Waals surface area contributed by atoms with Crippen molar-refractivity contribution in [2.45, 2.75) is 6.54 Å². The third kappa shape index (κ3) is 2.22. The molecule has 0 atom stereocenters. The molecule has 2 aromatic rings. The van der Waals surface area contributed by atoms with Crippen molar-refractivity contribution in [1.29, 1.82) is 0 Å². The van der Waals surface area contributed by atoms with Crippen molar-refractivity contribution in [3.8, 4) is 11.1 Å². The lowest BCUT2D eigenvalue weighted by molar-refractivity contribution is 0.496. The molecule has 2 aromatic carbocycles. The zero-order valence-electron chi connectivity index (χ0n) is 9.18. The van der Waals surface area contributed by atoms with Crippen LogP contribution < -0.4 is 5.73 Å². The number of benzene rings is 2. The summed E-state index contributed by atoms with van der Waals surface area (Å²) >= 11 is 0. The lowest BCUT2D eigenvalue weighted by atomic mass is 9.99. The Balaban J connectivity index is 2.68. The molecule has 1 nitrogen and oxygen atoms in total. The van der Waals surface area contributed by atoms with Crippen LogP contribution in [-0.4, -0.2) is 0 Å². The molecular formula is C13H9F4N. The first-order valence-electron chi connectivity index (χ1n) is 5.16. The zero-order valence-corrected chi connectivity index (χ0v) is 9.18. The Hall–Kier alpha value is -1.88. The summed E-state index contributed by atoms with van der Waals surface area (Å²) in [6, 6.07) is 4.71. The van der Waals surface area contributed by atoms with Gasteiger partial charge in [-0.15, -0.1) is 0 Å². The van der Waals surface area contributed by atoms with Crippen LogP contribution >= 0.6 is 0 Å². The molecule has 0 bridgehead atoms. The first kappa shape index (κ1) is 12.6. The van der Waals surface area contributed by atoms with Gasteiger partial charge in [0.25, 0.3) is 0 Å². The van der Waals surface area contributed by atoms with Crippen LogP contribution in [0, 0.1) is 23.3 Å². The molecule has 0 aliphatic heterocycles. The Labute approximate surface area is 101 Å². The van der Waals surface area contributed by atoms with E-state index in [0.29, 0.717) is 17.7 Å². The molecule has 2 rings (SSSR count). The van der Waals surface area contributed by atoms with E-state index in [0.717, 1.165) is 6.07 Å². The van der Waals surface area contributed by atoms with Crippen LogP contribution in [0.4, 0.5) is 17.6 Å². The molecule has 0 amide bonds. The minimum Gasteiger partial charge on any atom is -0.326 e. The van der Waals surface area contributed by atoms with Crippen LogP contribution in [0.25, 0.3) is 11.1 Å². The van der Waals surface area contributed by atoms with E-state index in [-0.39, 0.29) is 17.7 Å². The molecule has 0 saturated carbocycles. The standard InChI is InChI=1S/C13H9F4N/c14-8-2-1-7(6-18)9(3-8)10-4-12(16)13(17)5-11(10)15/h1-5H,6,18H2. The number of hydrogen-bond donors (Lipinski definition) is 1. The summed E-state index contributed by atoms with van der Waals surface area (Å²) in [5.74, 6) is -4.05. The normalized spacial score (nSPS) is 10.7. The second kappa shape index (κ2) is 4.78. The van der Waals surface area contributed by atoms with E-state index in [9.17, 15) is 17.6 Å².